The third-order valence-electron chi connectivity index (χ3n) is 6.00. The molecular weight excluding hydrogens is 467 g/mol. The number of alkyl halides is 3. The molecule has 1 fully saturated rings. The average molecular weight is 496 g/mol. The maximum Gasteiger partial charge on any atom is 0.435 e. The van der Waals surface area contributed by atoms with Crippen LogP contribution in [0.5, 0.6) is 0 Å². The number of amides is 1. The van der Waals surface area contributed by atoms with Gasteiger partial charge in [-0.3, -0.25) is 14.4 Å². The van der Waals surface area contributed by atoms with E-state index in [1.54, 1.807) is 6.07 Å². The number of carboxylic acid groups (broad SMARTS) is 1. The molecule has 0 spiro atoms. The summed E-state index contributed by atoms with van der Waals surface area (Å²) in [6.45, 7) is -0.278. The Morgan fingerprint density at radius 3 is 2.37 bits per heavy atom. The van der Waals surface area contributed by atoms with E-state index in [0.29, 0.717) is 24.2 Å². The molecule has 12 heteroatoms. The number of benzene rings is 1. The molecule has 4 rings (SSSR count). The summed E-state index contributed by atoms with van der Waals surface area (Å²) in [7, 11) is 0. The highest BCUT2D eigenvalue weighted by atomic mass is 19.4. The number of nitrogens with zero attached hydrogens (tertiary/aromatic N) is 2. The normalized spacial score (nSPS) is 16.2. The molecule has 2 aliphatic rings. The Hall–Kier alpha value is -3.41. The van der Waals surface area contributed by atoms with Crippen molar-refractivity contribution in [2.75, 3.05) is 11.9 Å². The topological polar surface area (TPSA) is 153 Å². The molecule has 0 saturated heterocycles. The molecule has 1 aromatic carbocycles. The lowest BCUT2D eigenvalue weighted by molar-refractivity contribution is -0.141. The van der Waals surface area contributed by atoms with E-state index in [1.165, 1.54) is 16.8 Å². The summed E-state index contributed by atoms with van der Waals surface area (Å²) >= 11 is 0. The number of Topliss-reactive ketones (excluding diaryl/α,β-unsaturated/α-hetero) is 1. The van der Waals surface area contributed by atoms with E-state index in [9.17, 15) is 27.6 Å². The Morgan fingerprint density at radius 1 is 1.14 bits per heavy atom. The second-order valence-electron chi connectivity index (χ2n) is 8.53. The number of hydrogen-bond acceptors (Lipinski definition) is 6. The van der Waals surface area contributed by atoms with Crippen molar-refractivity contribution in [1.29, 1.82) is 0 Å². The van der Waals surface area contributed by atoms with Crippen molar-refractivity contribution in [2.45, 2.75) is 63.6 Å². The molecule has 1 amide bonds. The van der Waals surface area contributed by atoms with Gasteiger partial charge in [0.05, 0.1) is 29.1 Å². The van der Waals surface area contributed by atoms with Crippen LogP contribution in [0.25, 0.3) is 5.69 Å². The first kappa shape index (κ1) is 26.2. The van der Waals surface area contributed by atoms with Gasteiger partial charge in [0, 0.05) is 18.2 Å². The fraction of sp³-hybridized carbons (Fsp3) is 0.478. The Bertz CT molecular complexity index is 1110. The zero-order valence-electron chi connectivity index (χ0n) is 19.0. The first-order valence-corrected chi connectivity index (χ1v) is 11.4. The summed E-state index contributed by atoms with van der Waals surface area (Å²) in [6.07, 6.45) is 1.37. The van der Waals surface area contributed by atoms with E-state index < -0.39 is 29.5 Å². The molecule has 6 N–H and O–H groups in total. The quantitative estimate of drug-likeness (QED) is 0.496. The molecule has 0 radical (unpaired) electrons. The third-order valence-corrected chi connectivity index (χ3v) is 6.00. The molecule has 0 bridgehead atoms. The van der Waals surface area contributed by atoms with Crippen LogP contribution in [0.1, 0.15) is 77.0 Å². The number of fused-ring (bicyclic) bond motifs is 1. The van der Waals surface area contributed by atoms with E-state index in [-0.39, 0.29) is 35.8 Å². The minimum Gasteiger partial charge on any atom is -0.480 e. The first-order chi connectivity index (χ1) is 16.5. The predicted octanol–water partition coefficient (Wildman–Crippen LogP) is 3.28. The van der Waals surface area contributed by atoms with Crippen LogP contribution in [-0.4, -0.2) is 45.1 Å². The van der Waals surface area contributed by atoms with E-state index in [2.05, 4.69) is 16.1 Å². The van der Waals surface area contributed by atoms with Crippen LogP contribution in [0.4, 0.5) is 18.9 Å². The van der Waals surface area contributed by atoms with Crippen LogP contribution in [0.15, 0.2) is 18.2 Å². The SMILES string of the molecule is NC(=O)c1ccc(-n2nc(C(F)(F)F)c3c2CCCC3=O)cc1NC1CCCCC1.NCC(=O)O. The number of rotatable bonds is 5. The molecule has 35 heavy (non-hydrogen) atoms. The third kappa shape index (κ3) is 6.18. The molecule has 0 atom stereocenters. The lowest BCUT2D eigenvalue weighted by Gasteiger charge is -2.25. The van der Waals surface area contributed by atoms with E-state index in [0.717, 1.165) is 32.1 Å². The predicted molar refractivity (Wildman–Crippen MR) is 122 cm³/mol. The van der Waals surface area contributed by atoms with Gasteiger partial charge in [-0.15, -0.1) is 0 Å². The van der Waals surface area contributed by atoms with Gasteiger partial charge in [0.15, 0.2) is 11.5 Å². The molecule has 2 aromatic rings. The van der Waals surface area contributed by atoms with Gasteiger partial charge in [-0.05, 0) is 43.9 Å². The van der Waals surface area contributed by atoms with Crippen molar-refractivity contribution in [3.63, 3.8) is 0 Å². The number of carboxylic acids is 1. The highest BCUT2D eigenvalue weighted by Gasteiger charge is 2.42. The standard InChI is InChI=1S/C21H23F3N4O2.C2H5NO2/c22-21(23,24)19-18-16(7-4-8-17(18)29)28(27-19)13-9-10-14(20(25)30)15(11-13)26-12-5-2-1-3-6-12;3-1-2(4)5/h9-12,26H,1-8H2,(H2,25,30);1,3H2,(H,4,5). The Morgan fingerprint density at radius 2 is 1.80 bits per heavy atom. The smallest absolute Gasteiger partial charge is 0.435 e. The molecule has 0 aliphatic heterocycles. The molecule has 1 saturated carbocycles. The van der Waals surface area contributed by atoms with E-state index in [1.807, 2.05) is 0 Å². The number of primary amides is 1. The van der Waals surface area contributed by atoms with Crippen LogP contribution in [0, 0.1) is 0 Å². The number of nitrogens with one attached hydrogen (secondary N) is 1. The Kier molecular flexibility index (Phi) is 8.15. The van der Waals surface area contributed by atoms with Gasteiger partial charge in [0.2, 0.25) is 0 Å². The van der Waals surface area contributed by atoms with Crippen LogP contribution >= 0.6 is 0 Å². The highest BCUT2D eigenvalue weighted by molar-refractivity contribution is 6.00. The van der Waals surface area contributed by atoms with Crippen LogP contribution in [0.3, 0.4) is 0 Å². The summed E-state index contributed by atoms with van der Waals surface area (Å²) < 4.78 is 41.8. The van der Waals surface area contributed by atoms with Crippen LogP contribution < -0.4 is 16.8 Å². The molecular formula is C23H28F3N5O4. The number of aromatic nitrogens is 2. The maximum atomic E-state index is 13.5. The van der Waals surface area contributed by atoms with Crippen molar-refractivity contribution in [2.24, 2.45) is 11.5 Å². The van der Waals surface area contributed by atoms with Gasteiger partial charge < -0.3 is 21.9 Å². The summed E-state index contributed by atoms with van der Waals surface area (Å²) in [6, 6.07) is 4.78. The fourth-order valence-corrected chi connectivity index (χ4v) is 4.40. The lowest BCUT2D eigenvalue weighted by atomic mass is 9.94. The highest BCUT2D eigenvalue weighted by Crippen LogP contribution is 2.37. The summed E-state index contributed by atoms with van der Waals surface area (Å²) in [5, 5.41) is 14.7. The Balaban J connectivity index is 0.000000623. The second-order valence-corrected chi connectivity index (χ2v) is 8.53. The summed E-state index contributed by atoms with van der Waals surface area (Å²) in [5.74, 6) is -2.12. The van der Waals surface area contributed by atoms with E-state index >= 15 is 0 Å². The average Bonchev–Trinajstić information content (AvgIpc) is 3.22. The molecule has 9 nitrogen and oxygen atoms in total. The van der Waals surface area contributed by atoms with Gasteiger partial charge in [-0.2, -0.15) is 18.3 Å². The molecule has 1 aromatic heterocycles. The lowest BCUT2D eigenvalue weighted by Crippen LogP contribution is -2.25. The summed E-state index contributed by atoms with van der Waals surface area (Å²) in [4.78, 5) is 33.4. The minimum absolute atomic E-state index is 0.0802. The second kappa shape index (κ2) is 10.9. The number of hydrogen-bond donors (Lipinski definition) is 4. The minimum atomic E-state index is -4.72. The van der Waals surface area contributed by atoms with Gasteiger partial charge >= 0.3 is 12.1 Å². The zero-order chi connectivity index (χ0) is 25.8. The number of ketones is 1. The first-order valence-electron chi connectivity index (χ1n) is 11.4. The van der Waals surface area contributed by atoms with Crippen LogP contribution in [0.2, 0.25) is 0 Å². The monoisotopic (exact) mass is 495 g/mol. The Labute approximate surface area is 199 Å². The van der Waals surface area contributed by atoms with Crippen molar-refractivity contribution in [3.05, 3.63) is 40.7 Å². The van der Waals surface area contributed by atoms with Crippen molar-refractivity contribution < 1.29 is 32.7 Å². The van der Waals surface area contributed by atoms with Crippen molar-refractivity contribution in [3.8, 4) is 5.69 Å². The molecule has 0 unspecified atom stereocenters. The van der Waals surface area contributed by atoms with Gasteiger partial charge in [-0.25, -0.2) is 4.68 Å². The van der Waals surface area contributed by atoms with Gasteiger partial charge in [0.1, 0.15) is 0 Å². The van der Waals surface area contributed by atoms with Crippen molar-refractivity contribution >= 4 is 23.3 Å². The van der Waals surface area contributed by atoms with Gasteiger partial charge in [0.25, 0.3) is 5.91 Å². The largest absolute Gasteiger partial charge is 0.480 e. The number of carbonyl (C=O) groups excluding carboxylic acids is 2. The zero-order valence-corrected chi connectivity index (χ0v) is 19.0. The molecule has 2 aliphatic carbocycles. The van der Waals surface area contributed by atoms with Crippen molar-refractivity contribution in [1.82, 2.24) is 9.78 Å². The van der Waals surface area contributed by atoms with Gasteiger partial charge in [-0.1, -0.05) is 19.3 Å². The summed E-state index contributed by atoms with van der Waals surface area (Å²) in [5.41, 5.74) is 9.96. The van der Waals surface area contributed by atoms with Crippen LogP contribution in [-0.2, 0) is 17.4 Å². The number of halogens is 3. The fourth-order valence-electron chi connectivity index (χ4n) is 4.40. The number of carbonyl (C=O) groups is 3. The molecule has 1 heterocycles. The number of aliphatic carboxylic acids is 1. The number of anilines is 1. The molecule has 190 valence electrons. The maximum absolute atomic E-state index is 13.5. The number of nitrogens with two attached hydrogens (primary N) is 2. The van der Waals surface area contributed by atoms with E-state index in [4.69, 9.17) is 10.8 Å².